The van der Waals surface area contributed by atoms with E-state index in [4.69, 9.17) is 5.73 Å². The monoisotopic (exact) mass is 338 g/mol. The van der Waals surface area contributed by atoms with Crippen LogP contribution < -0.4 is 10.6 Å². The quantitative estimate of drug-likeness (QED) is 0.884. The van der Waals surface area contributed by atoms with Crippen LogP contribution in [0.15, 0.2) is 40.2 Å². The molecule has 0 aliphatic carbocycles. The molecule has 1 aromatic carbocycles. The van der Waals surface area contributed by atoms with E-state index in [9.17, 15) is 0 Å². The van der Waals surface area contributed by atoms with Crippen molar-refractivity contribution in [2.24, 2.45) is 5.73 Å². The molecule has 2 N–H and O–H groups in total. The number of rotatable bonds is 5. The minimum Gasteiger partial charge on any atom is -0.373 e. The van der Waals surface area contributed by atoms with Gasteiger partial charge in [-0.2, -0.15) is 0 Å². The molecule has 2 aromatic rings. The number of halogens is 1. The maximum Gasteiger partial charge on any atom is 0.0508 e. The molecule has 102 valence electrons. The molecule has 4 heteroatoms. The predicted octanol–water partition coefficient (Wildman–Crippen LogP) is 4.21. The fourth-order valence-corrected chi connectivity index (χ4v) is 3.37. The second kappa shape index (κ2) is 6.55. The van der Waals surface area contributed by atoms with E-state index in [1.807, 2.05) is 18.3 Å². The van der Waals surface area contributed by atoms with Crippen LogP contribution in [0.1, 0.15) is 23.4 Å². The zero-order chi connectivity index (χ0) is 13.8. The number of hydrogen-bond donors (Lipinski definition) is 1. The zero-order valence-corrected chi connectivity index (χ0v) is 13.7. The summed E-state index contributed by atoms with van der Waals surface area (Å²) in [7, 11) is 2.12. The average Bonchev–Trinajstić information content (AvgIpc) is 2.88. The number of benzene rings is 1. The Kier molecular flexibility index (Phi) is 5.02. The van der Waals surface area contributed by atoms with Gasteiger partial charge >= 0.3 is 0 Å². The summed E-state index contributed by atoms with van der Waals surface area (Å²) in [6.07, 6.45) is 1.08. The number of nitrogens with two attached hydrogens (primary N) is 1. The van der Waals surface area contributed by atoms with E-state index in [0.29, 0.717) is 0 Å². The Hall–Kier alpha value is -0.840. The van der Waals surface area contributed by atoms with Crippen molar-refractivity contribution in [2.75, 3.05) is 18.5 Å². The topological polar surface area (TPSA) is 29.3 Å². The van der Waals surface area contributed by atoms with Gasteiger partial charge in [0.25, 0.3) is 0 Å². The molecule has 2 rings (SSSR count). The van der Waals surface area contributed by atoms with Crippen molar-refractivity contribution in [1.29, 1.82) is 0 Å². The van der Waals surface area contributed by atoms with E-state index in [1.54, 1.807) is 0 Å². The van der Waals surface area contributed by atoms with E-state index in [-0.39, 0.29) is 6.04 Å². The summed E-state index contributed by atoms with van der Waals surface area (Å²) in [6.45, 7) is 3.01. The minimum absolute atomic E-state index is 0.0711. The van der Waals surface area contributed by atoms with Gasteiger partial charge in [0, 0.05) is 29.0 Å². The molecule has 19 heavy (non-hydrogen) atoms. The molecule has 0 aliphatic rings. The van der Waals surface area contributed by atoms with Gasteiger partial charge in [0.05, 0.1) is 5.69 Å². The van der Waals surface area contributed by atoms with Crippen molar-refractivity contribution in [3.8, 4) is 0 Å². The third-order valence-electron chi connectivity index (χ3n) is 3.18. The second-order valence-corrected chi connectivity index (χ2v) is 6.64. The molecule has 0 aliphatic heterocycles. The summed E-state index contributed by atoms with van der Waals surface area (Å²) in [4.78, 5) is 3.70. The van der Waals surface area contributed by atoms with Crippen molar-refractivity contribution < 1.29 is 0 Å². The molecule has 0 saturated heterocycles. The second-order valence-electron chi connectivity index (χ2n) is 4.75. The van der Waals surface area contributed by atoms with Gasteiger partial charge in [-0.3, -0.25) is 0 Å². The van der Waals surface area contributed by atoms with Crippen molar-refractivity contribution in [1.82, 2.24) is 0 Å². The third kappa shape index (κ3) is 3.81. The average molecular weight is 339 g/mol. The van der Waals surface area contributed by atoms with Crippen molar-refractivity contribution >= 4 is 33.0 Å². The van der Waals surface area contributed by atoms with Gasteiger partial charge in [-0.25, -0.2) is 0 Å². The first kappa shape index (κ1) is 14.6. The first-order chi connectivity index (χ1) is 9.08. The van der Waals surface area contributed by atoms with Crippen LogP contribution in [0.3, 0.4) is 0 Å². The molecule has 2 nitrogen and oxygen atoms in total. The lowest BCUT2D eigenvalue weighted by molar-refractivity contribution is 0.815. The third-order valence-corrected chi connectivity index (χ3v) is 4.75. The molecule has 0 saturated carbocycles. The van der Waals surface area contributed by atoms with Gasteiger partial charge in [0.15, 0.2) is 0 Å². The van der Waals surface area contributed by atoms with Crippen LogP contribution in [-0.4, -0.2) is 13.6 Å². The Labute approximate surface area is 127 Å². The van der Waals surface area contributed by atoms with Crippen LogP contribution in [0.4, 0.5) is 5.69 Å². The lowest BCUT2D eigenvalue weighted by Crippen LogP contribution is -2.20. The lowest BCUT2D eigenvalue weighted by atomic mass is 10.1. The Morgan fingerprint density at radius 1 is 1.37 bits per heavy atom. The van der Waals surface area contributed by atoms with E-state index in [0.717, 1.165) is 23.0 Å². The highest BCUT2D eigenvalue weighted by molar-refractivity contribution is 9.10. The van der Waals surface area contributed by atoms with Crippen LogP contribution in [0.5, 0.6) is 0 Å². The molecule has 0 radical (unpaired) electrons. The Bertz CT molecular complexity index is 523. The fraction of sp³-hybridized carbons (Fsp3) is 0.333. The Morgan fingerprint density at radius 3 is 2.74 bits per heavy atom. The van der Waals surface area contributed by atoms with Crippen LogP contribution in [0, 0.1) is 0 Å². The molecular formula is C15H19BrN2S. The van der Waals surface area contributed by atoms with Gasteiger partial charge in [-0.05, 0) is 58.4 Å². The SMILES string of the molecule is C[C@H](N)c1ccc(N(C)CCc2cccs2)c(Br)c1. The number of anilines is 1. The first-order valence-electron chi connectivity index (χ1n) is 6.36. The maximum absolute atomic E-state index is 5.90. The molecule has 0 spiro atoms. The smallest absolute Gasteiger partial charge is 0.0508 e. The van der Waals surface area contributed by atoms with Crippen molar-refractivity contribution in [3.63, 3.8) is 0 Å². The summed E-state index contributed by atoms with van der Waals surface area (Å²) in [5.41, 5.74) is 8.26. The van der Waals surface area contributed by atoms with E-state index < -0.39 is 0 Å². The molecule has 1 heterocycles. The Morgan fingerprint density at radius 2 is 2.16 bits per heavy atom. The van der Waals surface area contributed by atoms with Gasteiger partial charge in [0.1, 0.15) is 0 Å². The van der Waals surface area contributed by atoms with E-state index in [1.165, 1.54) is 10.6 Å². The van der Waals surface area contributed by atoms with Gasteiger partial charge in [-0.15, -0.1) is 11.3 Å². The number of hydrogen-bond acceptors (Lipinski definition) is 3. The van der Waals surface area contributed by atoms with Crippen molar-refractivity contribution in [2.45, 2.75) is 19.4 Å². The number of thiophene rings is 1. The minimum atomic E-state index is 0.0711. The highest BCUT2D eigenvalue weighted by Gasteiger charge is 2.08. The van der Waals surface area contributed by atoms with Crippen molar-refractivity contribution in [3.05, 3.63) is 50.6 Å². The standard InChI is InChI=1S/C15H19BrN2S/c1-11(17)12-5-6-15(14(16)10-12)18(2)8-7-13-4-3-9-19-13/h3-6,9-11H,7-8,17H2,1-2H3/t11-/m0/s1. The van der Waals surface area contributed by atoms with Gasteiger partial charge in [-0.1, -0.05) is 12.1 Å². The highest BCUT2D eigenvalue weighted by Crippen LogP contribution is 2.28. The molecule has 0 bridgehead atoms. The molecule has 1 atom stereocenters. The molecule has 0 unspecified atom stereocenters. The van der Waals surface area contributed by atoms with Crippen LogP contribution >= 0.6 is 27.3 Å². The molecule has 1 aromatic heterocycles. The largest absolute Gasteiger partial charge is 0.373 e. The summed E-state index contributed by atoms with van der Waals surface area (Å²) in [5.74, 6) is 0. The normalized spacial score (nSPS) is 12.4. The predicted molar refractivity (Wildman–Crippen MR) is 88.0 cm³/mol. The van der Waals surface area contributed by atoms with Crippen LogP contribution in [-0.2, 0) is 6.42 Å². The van der Waals surface area contributed by atoms with Gasteiger partial charge < -0.3 is 10.6 Å². The molecular weight excluding hydrogens is 320 g/mol. The number of nitrogens with zero attached hydrogens (tertiary/aromatic N) is 1. The maximum atomic E-state index is 5.90. The summed E-state index contributed by atoms with van der Waals surface area (Å²) < 4.78 is 1.11. The number of likely N-dealkylation sites (N-methyl/N-ethyl adjacent to an activating group) is 1. The van der Waals surface area contributed by atoms with Crippen LogP contribution in [0.25, 0.3) is 0 Å². The highest BCUT2D eigenvalue weighted by atomic mass is 79.9. The van der Waals surface area contributed by atoms with E-state index >= 15 is 0 Å². The van der Waals surface area contributed by atoms with E-state index in [2.05, 4.69) is 63.6 Å². The molecule has 0 fully saturated rings. The summed E-state index contributed by atoms with van der Waals surface area (Å²) >= 11 is 5.46. The zero-order valence-electron chi connectivity index (χ0n) is 11.3. The fourth-order valence-electron chi connectivity index (χ4n) is 1.97. The lowest BCUT2D eigenvalue weighted by Gasteiger charge is -2.21. The first-order valence-corrected chi connectivity index (χ1v) is 8.03. The summed E-state index contributed by atoms with van der Waals surface area (Å²) in [5, 5.41) is 2.13. The summed E-state index contributed by atoms with van der Waals surface area (Å²) in [6, 6.07) is 10.7. The molecule has 0 amide bonds. The van der Waals surface area contributed by atoms with Crippen LogP contribution in [0.2, 0.25) is 0 Å². The Balaban J connectivity index is 2.04. The van der Waals surface area contributed by atoms with Gasteiger partial charge in [0.2, 0.25) is 0 Å².